The molecule has 0 unspecified atom stereocenters. The normalized spacial score (nSPS) is 10.8. The number of carbonyl (C=O) groups excluding carboxylic acids is 1. The molecule has 1 heterocycles. The van der Waals surface area contributed by atoms with Gasteiger partial charge in [0.2, 0.25) is 0 Å². The second-order valence-corrected chi connectivity index (χ2v) is 9.71. The van der Waals surface area contributed by atoms with Crippen LogP contribution in [0.3, 0.4) is 0 Å². The van der Waals surface area contributed by atoms with Gasteiger partial charge in [-0.15, -0.1) is 6.58 Å². The largest absolute Gasteiger partial charge is 0.494 e. The number of unbranched alkanes of at least 4 members (excludes halogenated alkanes) is 9. The molecule has 5 nitrogen and oxygen atoms in total. The Kier molecular flexibility index (Phi) is 13.1. The third-order valence-electron chi connectivity index (χ3n) is 6.51. The summed E-state index contributed by atoms with van der Waals surface area (Å²) in [7, 11) is 0. The fourth-order valence-electron chi connectivity index (χ4n) is 4.20. The number of benzene rings is 2. The minimum Gasteiger partial charge on any atom is -0.494 e. The van der Waals surface area contributed by atoms with Gasteiger partial charge in [-0.05, 0) is 86.2 Å². The van der Waals surface area contributed by atoms with E-state index < -0.39 is 5.97 Å². The van der Waals surface area contributed by atoms with Crippen LogP contribution in [0.15, 0.2) is 73.6 Å². The van der Waals surface area contributed by atoms with Gasteiger partial charge >= 0.3 is 5.97 Å². The van der Waals surface area contributed by atoms with Crippen LogP contribution < -0.4 is 9.47 Å². The summed E-state index contributed by atoms with van der Waals surface area (Å²) in [5.74, 6) is 1.51. The summed E-state index contributed by atoms with van der Waals surface area (Å²) in [4.78, 5) is 21.6. The Hall–Kier alpha value is -3.47. The molecule has 0 N–H and O–H groups in total. The van der Waals surface area contributed by atoms with Crippen LogP contribution in [-0.2, 0) is 6.42 Å². The summed E-state index contributed by atoms with van der Waals surface area (Å²) in [5.41, 5.74) is 2.54. The molecule has 0 aliphatic carbocycles. The van der Waals surface area contributed by atoms with Crippen LogP contribution in [0.5, 0.6) is 11.5 Å². The van der Waals surface area contributed by atoms with Crippen LogP contribution in [0, 0.1) is 0 Å². The number of carbonyl (C=O) groups is 1. The Morgan fingerprint density at radius 2 is 1.42 bits per heavy atom. The van der Waals surface area contributed by atoms with Gasteiger partial charge in [-0.1, -0.05) is 57.9 Å². The molecule has 0 radical (unpaired) electrons. The number of ether oxygens (including phenoxy) is 2. The first-order chi connectivity index (χ1) is 18.7. The lowest BCUT2D eigenvalue weighted by Crippen LogP contribution is -2.08. The van der Waals surface area contributed by atoms with Crippen molar-refractivity contribution in [1.29, 1.82) is 0 Å². The molecule has 0 saturated carbocycles. The van der Waals surface area contributed by atoms with Crippen LogP contribution >= 0.6 is 0 Å². The lowest BCUT2D eigenvalue weighted by molar-refractivity contribution is 0.0734. The molecule has 0 saturated heterocycles. The molecule has 2 aromatic carbocycles. The van der Waals surface area contributed by atoms with Gasteiger partial charge in [-0.25, -0.2) is 14.8 Å². The molecule has 0 spiro atoms. The Morgan fingerprint density at radius 3 is 2.13 bits per heavy atom. The number of nitrogens with zero attached hydrogens (tertiary/aromatic N) is 2. The average Bonchev–Trinajstić information content (AvgIpc) is 2.95. The van der Waals surface area contributed by atoms with Crippen molar-refractivity contribution < 1.29 is 14.3 Å². The van der Waals surface area contributed by atoms with Gasteiger partial charge in [0.05, 0.1) is 12.2 Å². The summed E-state index contributed by atoms with van der Waals surface area (Å²) >= 11 is 0. The van der Waals surface area contributed by atoms with E-state index in [2.05, 4.69) is 23.5 Å². The Labute approximate surface area is 228 Å². The van der Waals surface area contributed by atoms with Crippen molar-refractivity contribution >= 4 is 5.97 Å². The average molecular weight is 515 g/mol. The molecule has 0 amide bonds. The molecule has 0 bridgehead atoms. The maximum Gasteiger partial charge on any atom is 0.343 e. The quantitative estimate of drug-likeness (QED) is 0.0734. The molecule has 38 heavy (non-hydrogen) atoms. The van der Waals surface area contributed by atoms with Crippen LogP contribution in [0.2, 0.25) is 0 Å². The van der Waals surface area contributed by atoms with Crippen molar-refractivity contribution in [3.05, 3.63) is 84.7 Å². The molecular weight excluding hydrogens is 472 g/mol. The van der Waals surface area contributed by atoms with Crippen molar-refractivity contribution in [2.45, 2.75) is 84.0 Å². The van der Waals surface area contributed by atoms with Crippen molar-refractivity contribution in [2.24, 2.45) is 0 Å². The zero-order chi connectivity index (χ0) is 26.8. The lowest BCUT2D eigenvalue weighted by Gasteiger charge is -2.08. The van der Waals surface area contributed by atoms with Gasteiger partial charge < -0.3 is 9.47 Å². The lowest BCUT2D eigenvalue weighted by atomic mass is 10.1. The third kappa shape index (κ3) is 10.5. The predicted molar refractivity (Wildman–Crippen MR) is 155 cm³/mol. The van der Waals surface area contributed by atoms with E-state index in [1.807, 2.05) is 42.7 Å². The zero-order valence-corrected chi connectivity index (χ0v) is 22.9. The first kappa shape index (κ1) is 29.1. The second kappa shape index (κ2) is 17.1. The highest BCUT2D eigenvalue weighted by atomic mass is 16.5. The Bertz CT molecular complexity index is 1080. The highest BCUT2D eigenvalue weighted by molar-refractivity contribution is 5.91. The fraction of sp³-hybridized carbons (Fsp3) is 0.424. The number of allylic oxidation sites excluding steroid dienone is 1. The maximum absolute atomic E-state index is 12.6. The first-order valence-corrected chi connectivity index (χ1v) is 14.2. The minimum absolute atomic E-state index is 0.401. The van der Waals surface area contributed by atoms with Crippen molar-refractivity contribution in [3.8, 4) is 22.9 Å². The third-order valence-corrected chi connectivity index (χ3v) is 6.51. The van der Waals surface area contributed by atoms with E-state index in [0.717, 1.165) is 37.0 Å². The SMILES string of the molecule is C=CCCCCCCOc1ccc(C(=O)Oc2ccc(-c3ncc(CCCCCCCC)cn3)cc2)cc1. The molecule has 3 rings (SSSR count). The van der Waals surface area contributed by atoms with Crippen molar-refractivity contribution in [1.82, 2.24) is 9.97 Å². The second-order valence-electron chi connectivity index (χ2n) is 9.71. The van der Waals surface area contributed by atoms with E-state index in [1.54, 1.807) is 24.3 Å². The monoisotopic (exact) mass is 514 g/mol. The van der Waals surface area contributed by atoms with E-state index >= 15 is 0 Å². The van der Waals surface area contributed by atoms with Crippen LogP contribution in [0.4, 0.5) is 0 Å². The number of rotatable bonds is 18. The first-order valence-electron chi connectivity index (χ1n) is 14.2. The minimum atomic E-state index is -0.401. The molecule has 1 aromatic heterocycles. The molecule has 0 atom stereocenters. The van der Waals surface area contributed by atoms with Gasteiger partial charge in [0.1, 0.15) is 11.5 Å². The Morgan fingerprint density at radius 1 is 0.789 bits per heavy atom. The number of hydrogen-bond acceptors (Lipinski definition) is 5. The van der Waals surface area contributed by atoms with E-state index in [4.69, 9.17) is 9.47 Å². The van der Waals surface area contributed by atoms with Gasteiger partial charge in [0.25, 0.3) is 0 Å². The Balaban J connectivity index is 1.41. The van der Waals surface area contributed by atoms with Gasteiger partial charge in [0, 0.05) is 18.0 Å². The highest BCUT2D eigenvalue weighted by Gasteiger charge is 2.10. The van der Waals surface area contributed by atoms with E-state index in [9.17, 15) is 4.79 Å². The van der Waals surface area contributed by atoms with E-state index in [1.165, 1.54) is 56.9 Å². The summed E-state index contributed by atoms with van der Waals surface area (Å²) in [6.45, 7) is 6.66. The topological polar surface area (TPSA) is 61.3 Å². The van der Waals surface area contributed by atoms with E-state index in [0.29, 0.717) is 23.7 Å². The van der Waals surface area contributed by atoms with Crippen molar-refractivity contribution in [2.75, 3.05) is 6.61 Å². The molecular formula is C33H42N2O3. The number of aryl methyl sites for hydroxylation is 1. The summed E-state index contributed by atoms with van der Waals surface area (Å²) in [6, 6.07) is 14.4. The van der Waals surface area contributed by atoms with Crippen LogP contribution in [0.1, 0.15) is 93.5 Å². The summed E-state index contributed by atoms with van der Waals surface area (Å²) in [6.07, 6.45) is 20.1. The number of esters is 1. The molecule has 202 valence electrons. The summed E-state index contributed by atoms with van der Waals surface area (Å²) < 4.78 is 11.3. The molecule has 0 aliphatic heterocycles. The predicted octanol–water partition coefficient (Wildman–Crippen LogP) is 8.78. The summed E-state index contributed by atoms with van der Waals surface area (Å²) in [5, 5.41) is 0. The molecule has 5 heteroatoms. The maximum atomic E-state index is 12.6. The smallest absolute Gasteiger partial charge is 0.343 e. The standard InChI is InChI=1S/C33H42N2O3/c1-3-5-7-9-11-13-15-27-25-34-32(35-26-27)28-16-22-31(23-17-28)38-33(36)29-18-20-30(21-19-29)37-24-14-12-10-8-6-4-2/h4,16-23,25-26H,2-3,5-15,24H2,1H3. The number of hydrogen-bond donors (Lipinski definition) is 0. The van der Waals surface area contributed by atoms with Crippen molar-refractivity contribution in [3.63, 3.8) is 0 Å². The molecule has 0 fully saturated rings. The van der Waals surface area contributed by atoms with E-state index in [-0.39, 0.29) is 0 Å². The van der Waals surface area contributed by atoms with Gasteiger partial charge in [-0.2, -0.15) is 0 Å². The van der Waals surface area contributed by atoms with Gasteiger partial charge in [-0.3, -0.25) is 0 Å². The molecule has 3 aromatic rings. The zero-order valence-electron chi connectivity index (χ0n) is 22.9. The van der Waals surface area contributed by atoms with Crippen LogP contribution in [0.25, 0.3) is 11.4 Å². The fourth-order valence-corrected chi connectivity index (χ4v) is 4.20. The number of aromatic nitrogens is 2. The van der Waals surface area contributed by atoms with Gasteiger partial charge in [0.15, 0.2) is 5.82 Å². The highest BCUT2D eigenvalue weighted by Crippen LogP contribution is 2.21. The molecule has 0 aliphatic rings. The van der Waals surface area contributed by atoms with Crippen LogP contribution in [-0.4, -0.2) is 22.5 Å².